The zero-order valence-electron chi connectivity index (χ0n) is 10.1. The number of hydrogen-bond acceptors (Lipinski definition) is 5. The molecule has 0 spiro atoms. The summed E-state index contributed by atoms with van der Waals surface area (Å²) < 4.78 is 5.91. The summed E-state index contributed by atoms with van der Waals surface area (Å²) in [7, 11) is 1.84. The maximum absolute atomic E-state index is 11.7. The summed E-state index contributed by atoms with van der Waals surface area (Å²) in [5.41, 5.74) is 0.856. The largest absolute Gasteiger partial charge is 0.300 e. The van der Waals surface area contributed by atoms with E-state index in [2.05, 4.69) is 26.7 Å². The van der Waals surface area contributed by atoms with Gasteiger partial charge in [-0.2, -0.15) is 14.5 Å². The zero-order valence-corrected chi connectivity index (χ0v) is 10.9. The molecule has 0 aliphatic heterocycles. The predicted octanol–water partition coefficient (Wildman–Crippen LogP) is 1.53. The third kappa shape index (κ3) is 2.13. The normalized spacial score (nSPS) is 21.9. The minimum atomic E-state index is 0.0522. The average Bonchev–Trinajstić information content (AvgIpc) is 2.77. The maximum Gasteiger partial charge on any atom is 0.229 e. The molecule has 2 atom stereocenters. The van der Waals surface area contributed by atoms with Crippen LogP contribution in [0.4, 0.5) is 5.13 Å². The fourth-order valence-corrected chi connectivity index (χ4v) is 2.41. The van der Waals surface area contributed by atoms with Crippen molar-refractivity contribution >= 4 is 22.6 Å². The number of anilines is 1. The summed E-state index contributed by atoms with van der Waals surface area (Å²) in [6.07, 6.45) is 4.52. The van der Waals surface area contributed by atoms with Crippen LogP contribution in [0.25, 0.3) is 11.4 Å². The number of aryl methyl sites for hydroxylation is 1. The van der Waals surface area contributed by atoms with Gasteiger partial charge in [0, 0.05) is 30.7 Å². The number of nitrogens with zero attached hydrogens (tertiary/aromatic N) is 4. The molecule has 7 heteroatoms. The third-order valence-corrected chi connectivity index (χ3v) is 3.70. The fourth-order valence-electron chi connectivity index (χ4n) is 1.81. The van der Waals surface area contributed by atoms with Crippen LogP contribution in [-0.4, -0.2) is 25.0 Å². The third-order valence-electron chi connectivity index (χ3n) is 3.07. The molecule has 0 radical (unpaired) electrons. The Kier molecular flexibility index (Phi) is 2.62. The van der Waals surface area contributed by atoms with Gasteiger partial charge in [0.15, 0.2) is 5.82 Å². The molecule has 1 saturated carbocycles. The van der Waals surface area contributed by atoms with E-state index in [4.69, 9.17) is 0 Å². The lowest BCUT2D eigenvalue weighted by atomic mass is 10.3. The van der Waals surface area contributed by atoms with Crippen LogP contribution < -0.4 is 5.32 Å². The minimum absolute atomic E-state index is 0.0522. The number of hydrogen-bond donors (Lipinski definition) is 1. The van der Waals surface area contributed by atoms with Crippen molar-refractivity contribution in [1.29, 1.82) is 0 Å². The highest BCUT2D eigenvalue weighted by Gasteiger charge is 2.39. The Morgan fingerprint density at radius 3 is 3.00 bits per heavy atom. The maximum atomic E-state index is 11.7. The standard InChI is InChI=1S/C11H13N5OS/c1-6-3-8(6)10(17)14-11-13-9(15-18-11)7-4-12-16(2)5-7/h4-6,8H,3H2,1-2H3,(H,13,14,15,17). The molecule has 1 amide bonds. The quantitative estimate of drug-likeness (QED) is 0.911. The monoisotopic (exact) mass is 263 g/mol. The van der Waals surface area contributed by atoms with E-state index in [0.29, 0.717) is 16.9 Å². The first-order valence-corrected chi connectivity index (χ1v) is 6.54. The highest BCUT2D eigenvalue weighted by atomic mass is 32.1. The Labute approximate surface area is 108 Å². The smallest absolute Gasteiger partial charge is 0.229 e. The minimum Gasteiger partial charge on any atom is -0.300 e. The predicted molar refractivity (Wildman–Crippen MR) is 68.0 cm³/mol. The first-order chi connectivity index (χ1) is 8.63. The molecule has 1 aliphatic carbocycles. The van der Waals surface area contributed by atoms with Crippen molar-refractivity contribution in [2.75, 3.05) is 5.32 Å². The van der Waals surface area contributed by atoms with Crippen LogP contribution in [0.15, 0.2) is 12.4 Å². The average molecular weight is 263 g/mol. The number of amides is 1. The lowest BCUT2D eigenvalue weighted by Gasteiger charge is -1.97. The van der Waals surface area contributed by atoms with E-state index in [1.165, 1.54) is 11.5 Å². The Morgan fingerprint density at radius 2 is 2.39 bits per heavy atom. The SMILES string of the molecule is CC1CC1C(=O)Nc1nc(-c2cnn(C)c2)ns1. The van der Waals surface area contributed by atoms with Gasteiger partial charge in [0.2, 0.25) is 11.0 Å². The topological polar surface area (TPSA) is 72.7 Å². The molecule has 94 valence electrons. The number of aromatic nitrogens is 4. The molecule has 0 saturated heterocycles. The van der Waals surface area contributed by atoms with E-state index < -0.39 is 0 Å². The molecule has 2 heterocycles. The summed E-state index contributed by atoms with van der Waals surface area (Å²) in [4.78, 5) is 16.0. The van der Waals surface area contributed by atoms with Crippen LogP contribution in [0, 0.1) is 11.8 Å². The van der Waals surface area contributed by atoms with E-state index >= 15 is 0 Å². The highest BCUT2D eigenvalue weighted by molar-refractivity contribution is 7.10. The summed E-state index contributed by atoms with van der Waals surface area (Å²) >= 11 is 1.20. The van der Waals surface area contributed by atoms with Crippen molar-refractivity contribution in [1.82, 2.24) is 19.1 Å². The first-order valence-electron chi connectivity index (χ1n) is 5.77. The lowest BCUT2D eigenvalue weighted by molar-refractivity contribution is -0.117. The molecular weight excluding hydrogens is 250 g/mol. The van der Waals surface area contributed by atoms with Gasteiger partial charge in [0.1, 0.15) is 0 Å². The highest BCUT2D eigenvalue weighted by Crippen LogP contribution is 2.38. The van der Waals surface area contributed by atoms with Crippen molar-refractivity contribution in [3.05, 3.63) is 12.4 Å². The van der Waals surface area contributed by atoms with Crippen molar-refractivity contribution < 1.29 is 4.79 Å². The number of carbonyl (C=O) groups is 1. The Bertz CT molecular complexity index is 590. The van der Waals surface area contributed by atoms with Gasteiger partial charge in [-0.05, 0) is 12.3 Å². The summed E-state index contributed by atoms with van der Waals surface area (Å²) in [6, 6.07) is 0. The van der Waals surface area contributed by atoms with Gasteiger partial charge in [-0.25, -0.2) is 0 Å². The van der Waals surface area contributed by atoms with Crippen molar-refractivity contribution in [2.45, 2.75) is 13.3 Å². The second-order valence-corrected chi connectivity index (χ2v) is 5.39. The molecule has 18 heavy (non-hydrogen) atoms. The molecule has 2 aromatic rings. The Balaban J connectivity index is 1.71. The van der Waals surface area contributed by atoms with Crippen LogP contribution in [-0.2, 0) is 11.8 Å². The van der Waals surface area contributed by atoms with E-state index in [1.807, 2.05) is 13.2 Å². The van der Waals surface area contributed by atoms with E-state index in [9.17, 15) is 4.79 Å². The molecular formula is C11H13N5OS. The second kappa shape index (κ2) is 4.16. The van der Waals surface area contributed by atoms with Gasteiger partial charge in [-0.3, -0.25) is 9.48 Å². The van der Waals surface area contributed by atoms with Crippen LogP contribution in [0.2, 0.25) is 0 Å². The molecule has 2 unspecified atom stereocenters. The van der Waals surface area contributed by atoms with Gasteiger partial charge in [-0.15, -0.1) is 0 Å². The Morgan fingerprint density at radius 1 is 1.61 bits per heavy atom. The van der Waals surface area contributed by atoms with Crippen molar-refractivity contribution in [3.63, 3.8) is 0 Å². The van der Waals surface area contributed by atoms with Gasteiger partial charge >= 0.3 is 0 Å². The zero-order chi connectivity index (χ0) is 12.7. The van der Waals surface area contributed by atoms with Gasteiger partial charge in [0.25, 0.3) is 0 Å². The van der Waals surface area contributed by atoms with Crippen LogP contribution in [0.5, 0.6) is 0 Å². The molecule has 0 aromatic carbocycles. The molecule has 3 rings (SSSR count). The molecule has 1 N–H and O–H groups in total. The van der Waals surface area contributed by atoms with Crippen LogP contribution >= 0.6 is 11.5 Å². The van der Waals surface area contributed by atoms with Crippen LogP contribution in [0.1, 0.15) is 13.3 Å². The molecule has 2 aromatic heterocycles. The lowest BCUT2D eigenvalue weighted by Crippen LogP contribution is -2.14. The Hall–Kier alpha value is -1.76. The molecule has 6 nitrogen and oxygen atoms in total. The van der Waals surface area contributed by atoms with E-state index in [0.717, 1.165) is 12.0 Å². The van der Waals surface area contributed by atoms with Crippen molar-refractivity contribution in [2.24, 2.45) is 18.9 Å². The second-order valence-electron chi connectivity index (χ2n) is 4.63. The number of nitrogens with one attached hydrogen (secondary N) is 1. The van der Waals surface area contributed by atoms with Crippen molar-refractivity contribution in [3.8, 4) is 11.4 Å². The summed E-state index contributed by atoms with van der Waals surface area (Å²) in [6.45, 7) is 2.07. The molecule has 0 bridgehead atoms. The molecule has 1 aliphatic rings. The van der Waals surface area contributed by atoms with E-state index in [-0.39, 0.29) is 11.8 Å². The fraction of sp³-hybridized carbons (Fsp3) is 0.455. The van der Waals surface area contributed by atoms with E-state index in [1.54, 1.807) is 10.9 Å². The summed E-state index contributed by atoms with van der Waals surface area (Å²) in [5.74, 6) is 1.30. The van der Waals surface area contributed by atoms with Gasteiger partial charge in [0.05, 0.1) is 11.8 Å². The summed E-state index contributed by atoms with van der Waals surface area (Å²) in [5, 5.41) is 7.43. The number of carbonyl (C=O) groups excluding carboxylic acids is 1. The molecule has 1 fully saturated rings. The van der Waals surface area contributed by atoms with Gasteiger partial charge in [-0.1, -0.05) is 6.92 Å². The first kappa shape index (κ1) is 11.3. The van der Waals surface area contributed by atoms with Crippen LogP contribution in [0.3, 0.4) is 0 Å². The number of rotatable bonds is 3. The van der Waals surface area contributed by atoms with Gasteiger partial charge < -0.3 is 5.32 Å².